The molecule has 0 aromatic carbocycles. The van der Waals surface area contributed by atoms with Gasteiger partial charge in [-0.25, -0.2) is 0 Å². The highest BCUT2D eigenvalue weighted by atomic mass is 31.2. The second kappa shape index (κ2) is 59.4. The fourth-order valence-electron chi connectivity index (χ4n) is 9.43. The van der Waals surface area contributed by atoms with Gasteiger partial charge in [-0.1, -0.05) is 267 Å². The molecule has 0 aromatic heterocycles. The zero-order valence-corrected chi connectivity index (χ0v) is 53.9. The molecule has 0 spiro atoms. The van der Waals surface area contributed by atoms with Gasteiger partial charge in [0.15, 0.2) is 0 Å². The molecule has 80 heavy (non-hydrogen) atoms. The molecule has 10 heteroatoms. The van der Waals surface area contributed by atoms with Crippen LogP contribution < -0.4 is 10.2 Å². The van der Waals surface area contributed by atoms with Crippen LogP contribution >= 0.6 is 7.82 Å². The van der Waals surface area contributed by atoms with E-state index in [0.717, 1.165) is 116 Å². The number of hydrogen-bond acceptors (Lipinski definition) is 7. The highest BCUT2D eigenvalue weighted by Crippen LogP contribution is 2.38. The Morgan fingerprint density at radius 3 is 1.23 bits per heavy atom. The quantitative estimate of drug-likeness (QED) is 0.0212. The van der Waals surface area contributed by atoms with Gasteiger partial charge < -0.3 is 28.5 Å². The molecule has 3 atom stereocenters. The van der Waals surface area contributed by atoms with Crippen molar-refractivity contribution in [3.8, 4) is 0 Å². The van der Waals surface area contributed by atoms with Crippen molar-refractivity contribution in [1.29, 1.82) is 0 Å². The molecule has 3 unspecified atom stereocenters. The van der Waals surface area contributed by atoms with E-state index in [1.54, 1.807) is 0 Å². The Labute approximate surface area is 495 Å². The van der Waals surface area contributed by atoms with Crippen molar-refractivity contribution in [2.75, 3.05) is 40.9 Å². The molecule has 464 valence electrons. The maximum atomic E-state index is 13.6. The molecule has 0 aromatic rings. The fourth-order valence-corrected chi connectivity index (χ4v) is 10.1. The van der Waals surface area contributed by atoms with Crippen molar-refractivity contribution in [1.82, 2.24) is 5.32 Å². The van der Waals surface area contributed by atoms with Crippen molar-refractivity contribution in [3.63, 3.8) is 0 Å². The maximum absolute atomic E-state index is 13.6. The molecule has 0 heterocycles. The van der Waals surface area contributed by atoms with Crippen LogP contribution in [0.25, 0.3) is 0 Å². The number of hydrogen-bond donors (Lipinski definition) is 1. The number of likely N-dealkylation sites (N-methyl/N-ethyl adjacent to an activating group) is 1. The minimum atomic E-state index is -4.70. The number of phosphoric acid groups is 1. The van der Waals surface area contributed by atoms with Crippen LogP contribution in [0.1, 0.15) is 297 Å². The summed E-state index contributed by atoms with van der Waals surface area (Å²) < 4.78 is 30.4. The number of nitrogens with one attached hydrogen (secondary N) is 1. The smallest absolute Gasteiger partial charge is 0.306 e. The lowest BCUT2D eigenvalue weighted by atomic mass is 10.0. The number of carbonyl (C=O) groups is 2. The van der Waals surface area contributed by atoms with Crippen molar-refractivity contribution in [3.05, 3.63) is 85.1 Å². The van der Waals surface area contributed by atoms with E-state index in [-0.39, 0.29) is 24.9 Å². The summed E-state index contributed by atoms with van der Waals surface area (Å²) in [5, 5.41) is 3.03. The van der Waals surface area contributed by atoms with E-state index in [0.29, 0.717) is 17.4 Å². The van der Waals surface area contributed by atoms with E-state index in [4.69, 9.17) is 13.8 Å². The lowest BCUT2D eigenvalue weighted by Gasteiger charge is -2.30. The zero-order valence-electron chi connectivity index (χ0n) is 53.0. The summed E-state index contributed by atoms with van der Waals surface area (Å²) in [6.45, 7) is 6.73. The number of amides is 1. The van der Waals surface area contributed by atoms with Crippen LogP contribution in [-0.2, 0) is 27.9 Å². The molecule has 9 nitrogen and oxygen atoms in total. The molecule has 0 aliphatic carbocycles. The molecule has 0 bridgehead atoms. The average Bonchev–Trinajstić information content (AvgIpc) is 3.42. The predicted molar refractivity (Wildman–Crippen MR) is 344 cm³/mol. The molecule has 1 amide bonds. The summed E-state index contributed by atoms with van der Waals surface area (Å²) in [5.41, 5.74) is 0. The monoisotopic (exact) mass is 1140 g/mol. The molecular weight excluding hydrogens is 1010 g/mol. The van der Waals surface area contributed by atoms with Crippen molar-refractivity contribution in [2.24, 2.45) is 0 Å². The van der Waals surface area contributed by atoms with Crippen LogP contribution in [0, 0.1) is 0 Å². The van der Waals surface area contributed by atoms with Crippen LogP contribution in [0.5, 0.6) is 0 Å². The van der Waals surface area contributed by atoms with Crippen LogP contribution in [0.2, 0.25) is 0 Å². The van der Waals surface area contributed by atoms with Gasteiger partial charge >= 0.3 is 5.97 Å². The third kappa shape index (κ3) is 59.8. The number of quaternary nitrogens is 1. The number of nitrogens with zero attached hydrogens (tertiary/aromatic N) is 1. The van der Waals surface area contributed by atoms with Gasteiger partial charge in [-0.05, 0) is 102 Å². The first-order valence-electron chi connectivity index (χ1n) is 33.4. The molecule has 0 aliphatic heterocycles. The molecule has 0 fully saturated rings. The number of unbranched alkanes of at least 4 members (excludes halogenated alkanes) is 32. The normalized spacial score (nSPS) is 14.1. The van der Waals surface area contributed by atoms with Crippen molar-refractivity contribution >= 4 is 19.7 Å². The van der Waals surface area contributed by atoms with Gasteiger partial charge in [0.05, 0.1) is 33.8 Å². The molecule has 0 radical (unpaired) electrons. The lowest BCUT2D eigenvalue weighted by Crippen LogP contribution is -2.47. The van der Waals surface area contributed by atoms with E-state index in [1.807, 2.05) is 33.3 Å². The van der Waals surface area contributed by atoms with E-state index in [1.165, 1.54) is 148 Å². The lowest BCUT2D eigenvalue weighted by molar-refractivity contribution is -0.870. The summed E-state index contributed by atoms with van der Waals surface area (Å²) in [7, 11) is 1.18. The van der Waals surface area contributed by atoms with E-state index in [2.05, 4.69) is 99.0 Å². The zero-order chi connectivity index (χ0) is 58.6. The van der Waals surface area contributed by atoms with Crippen LogP contribution in [-0.4, -0.2) is 69.4 Å². The highest BCUT2D eigenvalue weighted by Gasteiger charge is 2.27. The Hall–Kier alpha value is -2.81. The van der Waals surface area contributed by atoms with Gasteiger partial charge in [0.2, 0.25) is 5.91 Å². The van der Waals surface area contributed by atoms with Gasteiger partial charge in [0, 0.05) is 12.8 Å². The van der Waals surface area contributed by atoms with E-state index >= 15 is 0 Å². The number of esters is 1. The summed E-state index contributed by atoms with van der Waals surface area (Å²) in [5.74, 6) is -0.546. The first-order chi connectivity index (χ1) is 38.9. The molecule has 0 aliphatic rings. The Balaban J connectivity index is 5.07. The topological polar surface area (TPSA) is 114 Å². The third-order valence-corrected chi connectivity index (χ3v) is 15.5. The summed E-state index contributed by atoms with van der Waals surface area (Å²) in [6, 6.07) is -0.895. The van der Waals surface area contributed by atoms with Gasteiger partial charge in [-0.15, -0.1) is 0 Å². The number of rotatable bonds is 60. The number of phosphoric ester groups is 1. The second-order valence-electron chi connectivity index (χ2n) is 23.6. The Bertz CT molecular complexity index is 1640. The van der Waals surface area contributed by atoms with Gasteiger partial charge in [0.25, 0.3) is 7.82 Å². The molecule has 0 rings (SSSR count). The van der Waals surface area contributed by atoms with Gasteiger partial charge in [-0.2, -0.15) is 0 Å². The second-order valence-corrected chi connectivity index (χ2v) is 25.0. The van der Waals surface area contributed by atoms with E-state index in [9.17, 15) is 19.0 Å². The van der Waals surface area contributed by atoms with Crippen molar-refractivity contribution < 1.29 is 37.3 Å². The molecule has 1 N–H and O–H groups in total. The third-order valence-electron chi connectivity index (χ3n) is 14.6. The van der Waals surface area contributed by atoms with Gasteiger partial charge in [0.1, 0.15) is 19.3 Å². The Morgan fingerprint density at radius 2 is 0.800 bits per heavy atom. The fraction of sp³-hybridized carbons (Fsp3) is 0.771. The van der Waals surface area contributed by atoms with Crippen LogP contribution in [0.15, 0.2) is 85.1 Å². The first kappa shape index (κ1) is 77.2. The van der Waals surface area contributed by atoms with E-state index < -0.39 is 26.6 Å². The summed E-state index contributed by atoms with van der Waals surface area (Å²) in [4.78, 5) is 40.1. The summed E-state index contributed by atoms with van der Waals surface area (Å²) >= 11 is 0. The minimum absolute atomic E-state index is 0.0257. The first-order valence-corrected chi connectivity index (χ1v) is 34.9. The standard InChI is InChI=1S/C70H127N2O7P/c1-7-10-13-16-19-22-25-28-30-31-32-33-34-35-36-37-38-39-40-41-43-44-47-50-53-56-59-62-69(73)71-67(66-78-80(75,76)77-65-64-72(4,5)6)68(61-58-55-52-49-46-27-24-21-18-15-12-9-3)79-70(74)63-60-57-54-51-48-45-42-29-26-23-20-17-14-11-8-2/h10,13,19,22-23,26,28,30,32-33,35-36,58,61,67-68H,7-9,11-12,14-18,20-21,24-25,27,29,31,34,37-57,59-60,62-66H2,1-6H3,(H-,71,73,75,76)/b13-10-,22-19-,26-23-,30-28-,33-32-,36-35-,61-58-. The number of carbonyl (C=O) groups excluding carboxylic acids is 2. The SMILES string of the molecule is CC/C=C\C/C=C\C/C=C\C/C=C\C/C=C\CCCCCCCCCCCCCC(=O)NC(COP(=O)([O-])OCC[N+](C)(C)C)C(/C=C\CCCCCCCCCCCC)OC(=O)CCCCCCCCC/C=C\CCCCCC. The molecular formula is C70H127N2O7P. The highest BCUT2D eigenvalue weighted by molar-refractivity contribution is 7.45. The summed E-state index contributed by atoms with van der Waals surface area (Å²) in [6.07, 6.45) is 78.4. The predicted octanol–water partition coefficient (Wildman–Crippen LogP) is 20.3. The van der Waals surface area contributed by atoms with Crippen molar-refractivity contribution in [2.45, 2.75) is 309 Å². The molecule has 0 saturated heterocycles. The van der Waals surface area contributed by atoms with Crippen LogP contribution in [0.4, 0.5) is 0 Å². The van der Waals surface area contributed by atoms with Gasteiger partial charge in [-0.3, -0.25) is 14.2 Å². The Kier molecular flexibility index (Phi) is 57.3. The average molecular weight is 1140 g/mol. The van der Waals surface area contributed by atoms with Crippen LogP contribution in [0.3, 0.4) is 0 Å². The number of ether oxygens (including phenoxy) is 1. The largest absolute Gasteiger partial charge is 0.756 e. The minimum Gasteiger partial charge on any atom is -0.756 e. The Morgan fingerprint density at radius 1 is 0.450 bits per heavy atom. The molecule has 0 saturated carbocycles. The maximum Gasteiger partial charge on any atom is 0.306 e. The number of allylic oxidation sites excluding steroid dienone is 13.